The fourth-order valence-electron chi connectivity index (χ4n) is 1.73. The summed E-state index contributed by atoms with van der Waals surface area (Å²) in [6.07, 6.45) is 1.50. The van der Waals surface area contributed by atoms with Gasteiger partial charge in [0.15, 0.2) is 0 Å². The highest BCUT2D eigenvalue weighted by molar-refractivity contribution is 6.30. The monoisotopic (exact) mass is 329 g/mol. The van der Waals surface area contributed by atoms with Gasteiger partial charge in [-0.1, -0.05) is 41.4 Å². The van der Waals surface area contributed by atoms with E-state index in [1.807, 2.05) is 19.1 Å². The largest absolute Gasteiger partial charge is 0.343 e. The number of amides is 2. The van der Waals surface area contributed by atoms with Crippen LogP contribution in [0.2, 0.25) is 5.02 Å². The summed E-state index contributed by atoms with van der Waals surface area (Å²) in [5.74, 6) is -0.711. The topological polar surface area (TPSA) is 70.6 Å². The zero-order valence-electron chi connectivity index (χ0n) is 12.5. The number of halogens is 1. The van der Waals surface area contributed by atoms with Crippen LogP contribution >= 0.6 is 11.6 Å². The summed E-state index contributed by atoms with van der Waals surface area (Å²) >= 11 is 5.77. The van der Waals surface area contributed by atoms with Gasteiger partial charge in [0, 0.05) is 10.6 Å². The van der Waals surface area contributed by atoms with Gasteiger partial charge >= 0.3 is 0 Å². The lowest BCUT2D eigenvalue weighted by molar-refractivity contribution is -0.120. The first kappa shape index (κ1) is 16.7. The highest BCUT2D eigenvalue weighted by atomic mass is 35.5. The van der Waals surface area contributed by atoms with Crippen molar-refractivity contribution < 1.29 is 9.59 Å². The molecule has 5 nitrogen and oxygen atoms in total. The molecule has 0 heterocycles. The second-order valence-electron chi connectivity index (χ2n) is 4.89. The molecule has 118 valence electrons. The SMILES string of the molecule is Cc1ccc(C(=O)NCC(=O)N/N=C\c2ccc(Cl)cc2)cc1. The summed E-state index contributed by atoms with van der Waals surface area (Å²) in [5, 5.41) is 6.98. The molecule has 0 fully saturated rings. The van der Waals surface area contributed by atoms with Gasteiger partial charge in [0.25, 0.3) is 11.8 Å². The molecule has 0 aliphatic rings. The van der Waals surface area contributed by atoms with Gasteiger partial charge < -0.3 is 5.32 Å². The number of nitrogens with zero attached hydrogens (tertiary/aromatic N) is 1. The molecule has 0 bridgehead atoms. The Morgan fingerprint density at radius 3 is 2.39 bits per heavy atom. The van der Waals surface area contributed by atoms with Gasteiger partial charge in [0.2, 0.25) is 0 Å². The first-order valence-electron chi connectivity index (χ1n) is 6.97. The first-order chi connectivity index (χ1) is 11.0. The van der Waals surface area contributed by atoms with Crippen LogP contribution in [0.15, 0.2) is 53.6 Å². The molecule has 0 atom stereocenters. The molecule has 2 aromatic rings. The molecule has 0 aliphatic carbocycles. The minimum atomic E-state index is -0.407. The van der Waals surface area contributed by atoms with Crippen LogP contribution in [0.1, 0.15) is 21.5 Å². The molecule has 6 heteroatoms. The van der Waals surface area contributed by atoms with Crippen LogP contribution in [0, 0.1) is 6.92 Å². The van der Waals surface area contributed by atoms with Gasteiger partial charge in [0.1, 0.15) is 0 Å². The Morgan fingerprint density at radius 2 is 1.74 bits per heavy atom. The van der Waals surface area contributed by atoms with Gasteiger partial charge in [-0.3, -0.25) is 9.59 Å². The lowest BCUT2D eigenvalue weighted by atomic mass is 10.1. The summed E-state index contributed by atoms with van der Waals surface area (Å²) in [7, 11) is 0. The summed E-state index contributed by atoms with van der Waals surface area (Å²) < 4.78 is 0. The maximum atomic E-state index is 11.8. The highest BCUT2D eigenvalue weighted by Crippen LogP contribution is 2.07. The lowest BCUT2D eigenvalue weighted by Gasteiger charge is -2.04. The van der Waals surface area contributed by atoms with Crippen molar-refractivity contribution in [2.45, 2.75) is 6.92 Å². The fraction of sp³-hybridized carbons (Fsp3) is 0.118. The van der Waals surface area contributed by atoms with Crippen molar-refractivity contribution in [1.82, 2.24) is 10.7 Å². The van der Waals surface area contributed by atoms with E-state index < -0.39 is 5.91 Å². The predicted octanol–water partition coefficient (Wildman–Crippen LogP) is 2.53. The standard InChI is InChI=1S/C17H16ClN3O2/c1-12-2-6-14(7-3-12)17(23)19-11-16(22)21-20-10-13-4-8-15(18)9-5-13/h2-10H,11H2,1H3,(H,19,23)(H,21,22)/b20-10-. The van der Waals surface area contributed by atoms with Gasteiger partial charge in [-0.05, 0) is 36.8 Å². The zero-order chi connectivity index (χ0) is 16.7. The molecule has 2 rings (SSSR count). The van der Waals surface area contributed by atoms with Crippen molar-refractivity contribution in [2.75, 3.05) is 6.54 Å². The Hall–Kier alpha value is -2.66. The van der Waals surface area contributed by atoms with E-state index in [-0.39, 0.29) is 12.5 Å². The lowest BCUT2D eigenvalue weighted by Crippen LogP contribution is -2.34. The molecule has 23 heavy (non-hydrogen) atoms. The maximum Gasteiger partial charge on any atom is 0.259 e. The van der Waals surface area contributed by atoms with E-state index in [9.17, 15) is 9.59 Å². The zero-order valence-corrected chi connectivity index (χ0v) is 13.3. The van der Waals surface area contributed by atoms with E-state index in [2.05, 4.69) is 15.8 Å². The summed E-state index contributed by atoms with van der Waals surface area (Å²) in [6.45, 7) is 1.79. The fourth-order valence-corrected chi connectivity index (χ4v) is 1.86. The molecular formula is C17H16ClN3O2. The van der Waals surface area contributed by atoms with Crippen molar-refractivity contribution in [3.63, 3.8) is 0 Å². The van der Waals surface area contributed by atoms with E-state index in [1.165, 1.54) is 6.21 Å². The molecule has 0 unspecified atom stereocenters. The van der Waals surface area contributed by atoms with Crippen LogP contribution in [0.4, 0.5) is 0 Å². The third-order valence-electron chi connectivity index (χ3n) is 3.00. The number of rotatable bonds is 5. The Kier molecular flexibility index (Phi) is 5.88. The van der Waals surface area contributed by atoms with Crippen molar-refractivity contribution in [1.29, 1.82) is 0 Å². The Balaban J connectivity index is 1.77. The number of aryl methyl sites for hydroxylation is 1. The van der Waals surface area contributed by atoms with E-state index in [4.69, 9.17) is 11.6 Å². The predicted molar refractivity (Wildman–Crippen MR) is 90.7 cm³/mol. The molecule has 0 aromatic heterocycles. The number of nitrogens with one attached hydrogen (secondary N) is 2. The third kappa shape index (κ3) is 5.56. The van der Waals surface area contributed by atoms with Crippen LogP contribution in [0.3, 0.4) is 0 Å². The smallest absolute Gasteiger partial charge is 0.259 e. The molecular weight excluding hydrogens is 314 g/mol. The van der Waals surface area contributed by atoms with Crippen LogP contribution in [0.25, 0.3) is 0 Å². The first-order valence-corrected chi connectivity index (χ1v) is 7.35. The number of hydrogen-bond acceptors (Lipinski definition) is 3. The van der Waals surface area contributed by atoms with E-state index >= 15 is 0 Å². The summed E-state index contributed by atoms with van der Waals surface area (Å²) in [4.78, 5) is 23.5. The molecule has 2 amide bonds. The Morgan fingerprint density at radius 1 is 1.09 bits per heavy atom. The van der Waals surface area contributed by atoms with E-state index in [0.717, 1.165) is 11.1 Å². The minimum absolute atomic E-state index is 0.148. The van der Waals surface area contributed by atoms with Crippen molar-refractivity contribution in [2.24, 2.45) is 5.10 Å². The molecule has 0 saturated carbocycles. The van der Waals surface area contributed by atoms with Crippen molar-refractivity contribution >= 4 is 29.6 Å². The number of benzene rings is 2. The highest BCUT2D eigenvalue weighted by Gasteiger charge is 2.06. The van der Waals surface area contributed by atoms with Crippen molar-refractivity contribution in [3.8, 4) is 0 Å². The van der Waals surface area contributed by atoms with Gasteiger partial charge in [-0.25, -0.2) is 5.43 Å². The van der Waals surface area contributed by atoms with Gasteiger partial charge in [-0.2, -0.15) is 5.10 Å². The average Bonchev–Trinajstić information content (AvgIpc) is 2.55. The molecule has 0 saturated heterocycles. The Bertz CT molecular complexity index is 710. The van der Waals surface area contributed by atoms with Crippen LogP contribution in [0.5, 0.6) is 0 Å². The maximum absolute atomic E-state index is 11.8. The van der Waals surface area contributed by atoms with Crippen LogP contribution in [-0.2, 0) is 4.79 Å². The van der Waals surface area contributed by atoms with Crippen LogP contribution < -0.4 is 10.7 Å². The van der Waals surface area contributed by atoms with Gasteiger partial charge in [0.05, 0.1) is 12.8 Å². The summed E-state index contributed by atoms with van der Waals surface area (Å²) in [6, 6.07) is 14.1. The number of hydrazone groups is 1. The average molecular weight is 330 g/mol. The van der Waals surface area contributed by atoms with Gasteiger partial charge in [-0.15, -0.1) is 0 Å². The molecule has 0 radical (unpaired) electrons. The summed E-state index contributed by atoms with van der Waals surface area (Å²) in [5.41, 5.74) is 4.72. The molecule has 2 N–H and O–H groups in total. The third-order valence-corrected chi connectivity index (χ3v) is 3.25. The Labute approximate surface area is 139 Å². The second-order valence-corrected chi connectivity index (χ2v) is 5.33. The quantitative estimate of drug-likeness (QED) is 0.653. The van der Waals surface area contributed by atoms with Crippen molar-refractivity contribution in [3.05, 3.63) is 70.2 Å². The molecule has 2 aromatic carbocycles. The van der Waals surface area contributed by atoms with E-state index in [0.29, 0.717) is 10.6 Å². The normalized spacial score (nSPS) is 10.5. The number of carbonyl (C=O) groups excluding carboxylic acids is 2. The minimum Gasteiger partial charge on any atom is -0.343 e. The molecule has 0 spiro atoms. The van der Waals surface area contributed by atoms with Crippen LogP contribution in [-0.4, -0.2) is 24.6 Å². The number of carbonyl (C=O) groups is 2. The number of hydrogen-bond donors (Lipinski definition) is 2. The molecule has 0 aliphatic heterocycles. The van der Waals surface area contributed by atoms with E-state index in [1.54, 1.807) is 36.4 Å². The second kappa shape index (κ2) is 8.10.